The minimum Gasteiger partial charge on any atom is -0.314 e. The third kappa shape index (κ3) is 3.49. The van der Waals surface area contributed by atoms with Gasteiger partial charge in [0.15, 0.2) is 15.6 Å². The summed E-state index contributed by atoms with van der Waals surface area (Å²) in [6.07, 6.45) is 3.93. The van der Waals surface area contributed by atoms with Gasteiger partial charge < -0.3 is 4.90 Å². The third-order valence-electron chi connectivity index (χ3n) is 6.83. The van der Waals surface area contributed by atoms with E-state index in [9.17, 15) is 13.2 Å². The molecule has 0 bridgehead atoms. The quantitative estimate of drug-likeness (QED) is 0.603. The largest absolute Gasteiger partial charge is 0.314 e. The minimum absolute atomic E-state index is 0.0259. The number of ketones is 1. The molecule has 0 unspecified atom stereocenters. The highest BCUT2D eigenvalue weighted by atomic mass is 32.2. The molecule has 1 aliphatic heterocycles. The number of hydrogen-bond donors (Lipinski definition) is 0. The SMILES string of the molecule is C=C1N(c2ccccc2)c2ccc(C(=O)C[C@@H]3CCC[C@@H]3S(C)(=O)=O)cc2C1(C)C. The van der Waals surface area contributed by atoms with Gasteiger partial charge in [-0.1, -0.05) is 45.0 Å². The van der Waals surface area contributed by atoms with Gasteiger partial charge in [0.1, 0.15) is 0 Å². The van der Waals surface area contributed by atoms with Gasteiger partial charge in [-0.2, -0.15) is 0 Å². The first-order valence-electron chi connectivity index (χ1n) is 10.5. The Labute approximate surface area is 179 Å². The number of anilines is 2. The van der Waals surface area contributed by atoms with Gasteiger partial charge in [0, 0.05) is 40.7 Å². The molecule has 4 nitrogen and oxygen atoms in total. The topological polar surface area (TPSA) is 54.5 Å². The lowest BCUT2D eigenvalue weighted by Crippen LogP contribution is -2.26. The van der Waals surface area contributed by atoms with Crippen molar-refractivity contribution in [1.82, 2.24) is 0 Å². The Hall–Kier alpha value is -2.40. The van der Waals surface area contributed by atoms with Crippen LogP contribution in [0.1, 0.15) is 55.5 Å². The number of carbonyl (C=O) groups excluding carboxylic acids is 1. The fourth-order valence-corrected chi connectivity index (χ4v) is 6.54. The van der Waals surface area contributed by atoms with E-state index in [-0.39, 0.29) is 22.4 Å². The Morgan fingerprint density at radius 1 is 1.13 bits per heavy atom. The second kappa shape index (κ2) is 7.38. The molecule has 0 radical (unpaired) electrons. The Kier molecular flexibility index (Phi) is 5.13. The summed E-state index contributed by atoms with van der Waals surface area (Å²) >= 11 is 0. The van der Waals surface area contributed by atoms with Crippen molar-refractivity contribution in [2.75, 3.05) is 11.2 Å². The minimum atomic E-state index is -3.12. The summed E-state index contributed by atoms with van der Waals surface area (Å²) in [6, 6.07) is 16.0. The summed E-state index contributed by atoms with van der Waals surface area (Å²) < 4.78 is 24.2. The van der Waals surface area contributed by atoms with Gasteiger partial charge in [0.05, 0.1) is 5.25 Å². The zero-order chi connectivity index (χ0) is 21.7. The van der Waals surface area contributed by atoms with Gasteiger partial charge in [0.2, 0.25) is 0 Å². The molecule has 1 saturated carbocycles. The van der Waals surface area contributed by atoms with E-state index in [1.807, 2.05) is 36.4 Å². The van der Waals surface area contributed by atoms with Gasteiger partial charge in [-0.25, -0.2) is 8.42 Å². The molecule has 1 heterocycles. The predicted octanol–water partition coefficient (Wildman–Crippen LogP) is 5.42. The zero-order valence-corrected chi connectivity index (χ0v) is 18.7. The van der Waals surface area contributed by atoms with E-state index in [0.29, 0.717) is 18.4 Å². The number of benzene rings is 2. The second-order valence-electron chi connectivity index (χ2n) is 9.16. The molecular formula is C25H29NO3S. The molecule has 1 aliphatic carbocycles. The molecule has 158 valence electrons. The fourth-order valence-electron chi connectivity index (χ4n) is 5.01. The molecular weight excluding hydrogens is 394 g/mol. The molecule has 2 aromatic rings. The fraction of sp³-hybridized carbons (Fsp3) is 0.400. The summed E-state index contributed by atoms with van der Waals surface area (Å²) in [4.78, 5) is 15.2. The van der Waals surface area contributed by atoms with Crippen molar-refractivity contribution < 1.29 is 13.2 Å². The molecule has 0 amide bonds. The van der Waals surface area contributed by atoms with E-state index in [1.54, 1.807) is 0 Å². The van der Waals surface area contributed by atoms with Gasteiger partial charge in [-0.3, -0.25) is 4.79 Å². The average Bonchev–Trinajstić information content (AvgIpc) is 3.24. The number of Topliss-reactive ketones (excluding diaryl/α,β-unsaturated/α-hetero) is 1. The molecule has 4 rings (SSSR count). The maximum Gasteiger partial charge on any atom is 0.163 e. The first kappa shape index (κ1) is 20.9. The summed E-state index contributed by atoms with van der Waals surface area (Å²) in [7, 11) is -3.12. The lowest BCUT2D eigenvalue weighted by Gasteiger charge is -2.25. The second-order valence-corrected chi connectivity index (χ2v) is 11.4. The molecule has 30 heavy (non-hydrogen) atoms. The van der Waals surface area contributed by atoms with Crippen LogP contribution in [-0.2, 0) is 15.3 Å². The number of sulfone groups is 1. The number of para-hydroxylation sites is 1. The van der Waals surface area contributed by atoms with Crippen LogP contribution in [0.3, 0.4) is 0 Å². The van der Waals surface area contributed by atoms with Crippen LogP contribution in [0.4, 0.5) is 11.4 Å². The highest BCUT2D eigenvalue weighted by molar-refractivity contribution is 7.91. The molecule has 0 N–H and O–H groups in total. The van der Waals surface area contributed by atoms with Gasteiger partial charge in [-0.05, 0) is 54.7 Å². The van der Waals surface area contributed by atoms with Crippen molar-refractivity contribution in [2.45, 2.75) is 50.2 Å². The summed E-state index contributed by atoms with van der Waals surface area (Å²) in [5.41, 5.74) is 4.50. The van der Waals surface area contributed by atoms with Crippen molar-refractivity contribution in [3.8, 4) is 0 Å². The summed E-state index contributed by atoms with van der Waals surface area (Å²) in [5, 5.41) is -0.388. The molecule has 0 aromatic heterocycles. The maximum atomic E-state index is 13.1. The van der Waals surface area contributed by atoms with Crippen LogP contribution in [-0.4, -0.2) is 25.7 Å². The highest BCUT2D eigenvalue weighted by Gasteiger charge is 2.40. The lowest BCUT2D eigenvalue weighted by atomic mass is 9.83. The molecule has 2 aliphatic rings. The van der Waals surface area contributed by atoms with Crippen LogP contribution < -0.4 is 4.90 Å². The Bertz CT molecular complexity index is 1100. The van der Waals surface area contributed by atoms with E-state index in [4.69, 9.17) is 0 Å². The zero-order valence-electron chi connectivity index (χ0n) is 17.9. The standard InChI is InChI=1S/C25H29NO3S/c1-17-25(2,3)21-15-18(13-14-22(21)26(17)20-10-6-5-7-11-20)23(27)16-19-9-8-12-24(19)30(4,28)29/h5-7,10-11,13-15,19,24H,1,8-9,12,16H2,2-4H3/t19-,24-/m0/s1. The van der Waals surface area contributed by atoms with Crippen molar-refractivity contribution in [3.63, 3.8) is 0 Å². The van der Waals surface area contributed by atoms with Crippen LogP contribution >= 0.6 is 0 Å². The summed E-state index contributed by atoms with van der Waals surface area (Å²) in [5.74, 6) is -0.0533. The van der Waals surface area contributed by atoms with Crippen LogP contribution in [0, 0.1) is 5.92 Å². The van der Waals surface area contributed by atoms with Crippen molar-refractivity contribution in [1.29, 1.82) is 0 Å². The summed E-state index contributed by atoms with van der Waals surface area (Å²) in [6.45, 7) is 8.60. The number of nitrogens with zero attached hydrogens (tertiary/aromatic N) is 1. The normalized spacial score (nSPS) is 22.9. The molecule has 1 fully saturated rings. The lowest BCUT2D eigenvalue weighted by molar-refractivity contribution is 0.0962. The molecule has 5 heteroatoms. The van der Waals surface area contributed by atoms with Gasteiger partial charge in [0.25, 0.3) is 0 Å². The van der Waals surface area contributed by atoms with Crippen LogP contribution in [0.25, 0.3) is 0 Å². The van der Waals surface area contributed by atoms with Crippen molar-refractivity contribution in [3.05, 3.63) is 71.9 Å². The van der Waals surface area contributed by atoms with Crippen LogP contribution in [0.2, 0.25) is 0 Å². The number of hydrogen-bond acceptors (Lipinski definition) is 4. The van der Waals surface area contributed by atoms with Crippen molar-refractivity contribution >= 4 is 27.0 Å². The average molecular weight is 424 g/mol. The first-order chi connectivity index (χ1) is 14.1. The smallest absolute Gasteiger partial charge is 0.163 e. The molecule has 2 aromatic carbocycles. The van der Waals surface area contributed by atoms with Crippen LogP contribution in [0.5, 0.6) is 0 Å². The van der Waals surface area contributed by atoms with E-state index in [2.05, 4.69) is 37.5 Å². The number of carbonyl (C=O) groups is 1. The monoisotopic (exact) mass is 423 g/mol. The van der Waals surface area contributed by atoms with E-state index in [0.717, 1.165) is 35.5 Å². The number of fused-ring (bicyclic) bond motifs is 1. The van der Waals surface area contributed by atoms with E-state index in [1.165, 1.54) is 6.26 Å². The number of allylic oxidation sites excluding steroid dienone is 1. The molecule has 2 atom stereocenters. The Balaban J connectivity index is 1.65. The number of rotatable bonds is 5. The Morgan fingerprint density at radius 2 is 1.83 bits per heavy atom. The highest BCUT2D eigenvalue weighted by Crippen LogP contribution is 2.50. The predicted molar refractivity (Wildman–Crippen MR) is 122 cm³/mol. The Morgan fingerprint density at radius 3 is 2.50 bits per heavy atom. The van der Waals surface area contributed by atoms with Gasteiger partial charge >= 0.3 is 0 Å². The van der Waals surface area contributed by atoms with Crippen LogP contribution in [0.15, 0.2) is 60.8 Å². The third-order valence-corrected chi connectivity index (χ3v) is 8.55. The van der Waals surface area contributed by atoms with Gasteiger partial charge in [-0.15, -0.1) is 0 Å². The molecule has 0 spiro atoms. The first-order valence-corrected chi connectivity index (χ1v) is 12.5. The van der Waals surface area contributed by atoms with Crippen molar-refractivity contribution in [2.24, 2.45) is 5.92 Å². The molecule has 0 saturated heterocycles. The van der Waals surface area contributed by atoms with E-state index < -0.39 is 9.84 Å². The maximum absolute atomic E-state index is 13.1. The van der Waals surface area contributed by atoms with E-state index >= 15 is 0 Å².